The fourth-order valence-electron chi connectivity index (χ4n) is 2.25. The summed E-state index contributed by atoms with van der Waals surface area (Å²) in [6.45, 7) is 0. The molecule has 1 saturated heterocycles. The van der Waals surface area contributed by atoms with E-state index in [4.69, 9.17) is 0 Å². The maximum atomic E-state index is 11.4. The average Bonchev–Trinajstić information content (AvgIpc) is 2.60. The van der Waals surface area contributed by atoms with E-state index in [-0.39, 0.29) is 17.4 Å². The Balaban J connectivity index is 2.30. The van der Waals surface area contributed by atoms with Crippen molar-refractivity contribution in [3.8, 4) is 0 Å². The molecule has 16 heavy (non-hydrogen) atoms. The van der Waals surface area contributed by atoms with E-state index in [0.29, 0.717) is 12.8 Å². The third-order valence-corrected chi connectivity index (χ3v) is 4.80. The molecule has 0 saturated carbocycles. The highest BCUT2D eigenvalue weighted by atomic mass is 32.2. The van der Waals surface area contributed by atoms with Crippen LogP contribution in [-0.4, -0.2) is 26.2 Å². The Kier molecular flexibility index (Phi) is 3.10. The van der Waals surface area contributed by atoms with Crippen LogP contribution in [-0.2, 0) is 21.1 Å². The molecule has 0 N–H and O–H groups in total. The third-order valence-electron chi connectivity index (χ3n) is 3.03. The molecule has 1 aromatic carbocycles. The number of rotatable bonds is 3. The van der Waals surface area contributed by atoms with Gasteiger partial charge in [0, 0.05) is 6.42 Å². The van der Waals surface area contributed by atoms with Crippen molar-refractivity contribution < 1.29 is 13.2 Å². The molecule has 86 valence electrons. The van der Waals surface area contributed by atoms with Crippen LogP contribution in [0.5, 0.6) is 0 Å². The Labute approximate surface area is 95.4 Å². The van der Waals surface area contributed by atoms with E-state index >= 15 is 0 Å². The second-order valence-electron chi connectivity index (χ2n) is 4.17. The zero-order valence-electron chi connectivity index (χ0n) is 8.93. The van der Waals surface area contributed by atoms with Crippen molar-refractivity contribution in [2.75, 3.05) is 11.5 Å². The summed E-state index contributed by atoms with van der Waals surface area (Å²) in [7, 11) is -2.86. The molecule has 1 heterocycles. The van der Waals surface area contributed by atoms with Crippen molar-refractivity contribution in [2.24, 2.45) is 0 Å². The van der Waals surface area contributed by atoms with Gasteiger partial charge >= 0.3 is 0 Å². The lowest BCUT2D eigenvalue weighted by Crippen LogP contribution is -2.06. The minimum Gasteiger partial charge on any atom is -0.303 e. The maximum absolute atomic E-state index is 11.4. The summed E-state index contributed by atoms with van der Waals surface area (Å²) >= 11 is 0. The first-order valence-electron chi connectivity index (χ1n) is 5.34. The summed E-state index contributed by atoms with van der Waals surface area (Å²) in [6, 6.07) is 7.61. The fraction of sp³-hybridized carbons (Fsp3) is 0.417. The summed E-state index contributed by atoms with van der Waals surface area (Å²) < 4.78 is 22.8. The Morgan fingerprint density at radius 1 is 1.31 bits per heavy atom. The highest BCUT2D eigenvalue weighted by molar-refractivity contribution is 7.91. The van der Waals surface area contributed by atoms with Crippen molar-refractivity contribution in [3.63, 3.8) is 0 Å². The van der Waals surface area contributed by atoms with Crippen LogP contribution in [0.3, 0.4) is 0 Å². The van der Waals surface area contributed by atoms with E-state index in [1.807, 2.05) is 24.3 Å². The molecule has 2 rings (SSSR count). The Bertz CT molecular complexity index is 491. The molecule has 1 aliphatic heterocycles. The van der Waals surface area contributed by atoms with Crippen LogP contribution in [0.25, 0.3) is 0 Å². The largest absolute Gasteiger partial charge is 0.303 e. The van der Waals surface area contributed by atoms with Crippen LogP contribution < -0.4 is 0 Å². The summed E-state index contributed by atoms with van der Waals surface area (Å²) in [6.07, 6.45) is 1.91. The van der Waals surface area contributed by atoms with Gasteiger partial charge in [0.2, 0.25) is 0 Å². The van der Waals surface area contributed by atoms with E-state index in [9.17, 15) is 13.2 Å². The van der Waals surface area contributed by atoms with E-state index in [1.165, 1.54) is 0 Å². The van der Waals surface area contributed by atoms with Crippen molar-refractivity contribution in [1.29, 1.82) is 0 Å². The van der Waals surface area contributed by atoms with Crippen LogP contribution in [0.4, 0.5) is 0 Å². The summed E-state index contributed by atoms with van der Waals surface area (Å²) in [5, 5.41) is 0. The molecule has 4 heteroatoms. The molecule has 0 amide bonds. The van der Waals surface area contributed by atoms with Crippen molar-refractivity contribution >= 4 is 16.1 Å². The molecule has 1 aliphatic rings. The van der Waals surface area contributed by atoms with Gasteiger partial charge in [-0.05, 0) is 23.5 Å². The van der Waals surface area contributed by atoms with Crippen LogP contribution in [0.1, 0.15) is 23.5 Å². The first-order valence-corrected chi connectivity index (χ1v) is 7.16. The van der Waals surface area contributed by atoms with Crippen molar-refractivity contribution in [3.05, 3.63) is 35.4 Å². The predicted molar refractivity (Wildman–Crippen MR) is 62.2 cm³/mol. The molecule has 1 fully saturated rings. The number of benzene rings is 1. The Morgan fingerprint density at radius 3 is 2.69 bits per heavy atom. The number of hydrogen-bond donors (Lipinski definition) is 0. The van der Waals surface area contributed by atoms with Gasteiger partial charge in [0.25, 0.3) is 0 Å². The molecule has 1 atom stereocenters. The topological polar surface area (TPSA) is 51.2 Å². The normalized spacial score (nSPS) is 23.1. The van der Waals surface area contributed by atoms with Crippen molar-refractivity contribution in [1.82, 2.24) is 0 Å². The van der Waals surface area contributed by atoms with Gasteiger partial charge in [-0.3, -0.25) is 0 Å². The predicted octanol–water partition coefficient (Wildman–Crippen LogP) is 1.33. The van der Waals surface area contributed by atoms with E-state index in [2.05, 4.69) is 0 Å². The molecular weight excluding hydrogens is 224 g/mol. The lowest BCUT2D eigenvalue weighted by molar-refractivity contribution is -0.107. The SMILES string of the molecule is O=CCc1ccccc1C1CCS(=O)(=O)C1. The smallest absolute Gasteiger partial charge is 0.150 e. The van der Waals surface area contributed by atoms with Gasteiger partial charge in [-0.15, -0.1) is 0 Å². The fourth-order valence-corrected chi connectivity index (χ4v) is 4.02. The number of carbonyl (C=O) groups is 1. The Hall–Kier alpha value is -1.16. The molecule has 1 unspecified atom stereocenters. The number of hydrogen-bond acceptors (Lipinski definition) is 3. The molecular formula is C12H14O3S. The maximum Gasteiger partial charge on any atom is 0.150 e. The van der Waals surface area contributed by atoms with Gasteiger partial charge in [-0.1, -0.05) is 24.3 Å². The minimum absolute atomic E-state index is 0.0705. The lowest BCUT2D eigenvalue weighted by Gasteiger charge is -2.12. The van der Waals surface area contributed by atoms with Gasteiger partial charge in [0.1, 0.15) is 6.29 Å². The molecule has 0 bridgehead atoms. The highest BCUT2D eigenvalue weighted by Gasteiger charge is 2.29. The molecule has 0 radical (unpaired) electrons. The van der Waals surface area contributed by atoms with E-state index in [1.54, 1.807) is 0 Å². The van der Waals surface area contributed by atoms with Crippen LogP contribution >= 0.6 is 0 Å². The minimum atomic E-state index is -2.86. The van der Waals surface area contributed by atoms with E-state index < -0.39 is 9.84 Å². The van der Waals surface area contributed by atoms with Gasteiger partial charge in [-0.2, -0.15) is 0 Å². The molecule has 0 spiro atoms. The summed E-state index contributed by atoms with van der Waals surface area (Å²) in [5.74, 6) is 0.567. The molecule has 0 aromatic heterocycles. The third kappa shape index (κ3) is 2.32. The van der Waals surface area contributed by atoms with Crippen molar-refractivity contribution in [2.45, 2.75) is 18.8 Å². The highest BCUT2D eigenvalue weighted by Crippen LogP contribution is 2.30. The first kappa shape index (κ1) is 11.3. The van der Waals surface area contributed by atoms with Gasteiger partial charge in [0.15, 0.2) is 9.84 Å². The number of sulfone groups is 1. The lowest BCUT2D eigenvalue weighted by atomic mass is 9.93. The van der Waals surface area contributed by atoms with Crippen LogP contribution in [0.15, 0.2) is 24.3 Å². The standard InChI is InChI=1S/C12H14O3S/c13-7-5-10-3-1-2-4-12(10)11-6-8-16(14,15)9-11/h1-4,7,11H,5-6,8-9H2. The molecule has 0 aliphatic carbocycles. The second-order valence-corrected chi connectivity index (χ2v) is 6.40. The number of aldehydes is 1. The number of carbonyl (C=O) groups excluding carboxylic acids is 1. The zero-order valence-corrected chi connectivity index (χ0v) is 9.74. The monoisotopic (exact) mass is 238 g/mol. The average molecular weight is 238 g/mol. The summed E-state index contributed by atoms with van der Waals surface area (Å²) in [4.78, 5) is 10.6. The van der Waals surface area contributed by atoms with Gasteiger partial charge in [0.05, 0.1) is 11.5 Å². The molecule has 1 aromatic rings. The molecule has 3 nitrogen and oxygen atoms in total. The zero-order chi connectivity index (χ0) is 11.6. The second kappa shape index (κ2) is 4.37. The van der Waals surface area contributed by atoms with E-state index in [0.717, 1.165) is 17.4 Å². The quantitative estimate of drug-likeness (QED) is 0.746. The first-order chi connectivity index (χ1) is 7.62. The van der Waals surface area contributed by atoms with Crippen LogP contribution in [0.2, 0.25) is 0 Å². The summed E-state index contributed by atoms with van der Waals surface area (Å²) in [5.41, 5.74) is 1.98. The van der Waals surface area contributed by atoms with Gasteiger partial charge < -0.3 is 4.79 Å². The van der Waals surface area contributed by atoms with Crippen LogP contribution in [0, 0.1) is 0 Å². The Morgan fingerprint density at radius 2 is 2.06 bits per heavy atom. The van der Waals surface area contributed by atoms with Gasteiger partial charge in [-0.25, -0.2) is 8.42 Å².